The summed E-state index contributed by atoms with van der Waals surface area (Å²) in [7, 11) is 0. The molecule has 0 fully saturated rings. The van der Waals surface area contributed by atoms with E-state index in [1.165, 1.54) is 4.90 Å². The molecule has 2 aromatic rings. The van der Waals surface area contributed by atoms with Gasteiger partial charge in [-0.1, -0.05) is 29.8 Å². The van der Waals surface area contributed by atoms with E-state index in [2.05, 4.69) is 5.32 Å². The molecule has 0 spiro atoms. The fraction of sp³-hybridized carbons (Fsp3) is 0.364. The SMILES string of the molecule is CCNC(=O)[C@@H](C)N(Cc1ccc(Cl)cc1)C(=O)COc1ccc(C)c(C)c1. The van der Waals surface area contributed by atoms with Gasteiger partial charge in [0, 0.05) is 18.1 Å². The van der Waals surface area contributed by atoms with Gasteiger partial charge in [-0.3, -0.25) is 9.59 Å². The molecule has 1 atom stereocenters. The number of amides is 2. The number of nitrogens with zero attached hydrogens (tertiary/aromatic N) is 1. The van der Waals surface area contributed by atoms with Crippen molar-refractivity contribution in [3.8, 4) is 5.75 Å². The van der Waals surface area contributed by atoms with Crippen LogP contribution in [0.5, 0.6) is 5.75 Å². The van der Waals surface area contributed by atoms with Crippen molar-refractivity contribution in [2.75, 3.05) is 13.2 Å². The van der Waals surface area contributed by atoms with Crippen LogP contribution in [0, 0.1) is 13.8 Å². The molecule has 0 aliphatic rings. The molecule has 2 aromatic carbocycles. The number of aryl methyl sites for hydroxylation is 2. The molecule has 1 N–H and O–H groups in total. The molecule has 2 rings (SSSR count). The van der Waals surface area contributed by atoms with Gasteiger partial charge in [-0.05, 0) is 68.7 Å². The third-order valence-corrected chi connectivity index (χ3v) is 4.88. The third kappa shape index (κ3) is 5.99. The predicted molar refractivity (Wildman–Crippen MR) is 112 cm³/mol. The van der Waals surface area contributed by atoms with Crippen molar-refractivity contribution in [3.05, 3.63) is 64.2 Å². The van der Waals surface area contributed by atoms with E-state index < -0.39 is 6.04 Å². The molecule has 0 aliphatic heterocycles. The standard InChI is InChI=1S/C22H27ClN2O3/c1-5-24-22(27)17(4)25(13-18-7-9-19(23)10-8-18)21(26)14-28-20-11-6-15(2)16(3)12-20/h6-12,17H,5,13-14H2,1-4H3,(H,24,27)/t17-/m1/s1. The Morgan fingerprint density at radius 1 is 1.11 bits per heavy atom. The van der Waals surface area contributed by atoms with E-state index in [1.54, 1.807) is 19.1 Å². The number of ether oxygens (including phenoxy) is 1. The highest BCUT2D eigenvalue weighted by Crippen LogP contribution is 2.18. The van der Waals surface area contributed by atoms with E-state index in [-0.39, 0.29) is 18.4 Å². The molecule has 0 aromatic heterocycles. The summed E-state index contributed by atoms with van der Waals surface area (Å²) in [5.41, 5.74) is 3.15. The monoisotopic (exact) mass is 402 g/mol. The van der Waals surface area contributed by atoms with Crippen LogP contribution < -0.4 is 10.1 Å². The molecule has 0 bridgehead atoms. The van der Waals surface area contributed by atoms with Crippen LogP contribution in [0.15, 0.2) is 42.5 Å². The van der Waals surface area contributed by atoms with Gasteiger partial charge in [0.15, 0.2) is 6.61 Å². The summed E-state index contributed by atoms with van der Waals surface area (Å²) < 4.78 is 5.69. The first-order valence-electron chi connectivity index (χ1n) is 9.33. The Morgan fingerprint density at radius 2 is 1.79 bits per heavy atom. The van der Waals surface area contributed by atoms with E-state index >= 15 is 0 Å². The Kier molecular flexibility index (Phi) is 7.88. The highest BCUT2D eigenvalue weighted by Gasteiger charge is 2.26. The van der Waals surface area contributed by atoms with Crippen molar-refractivity contribution in [2.24, 2.45) is 0 Å². The summed E-state index contributed by atoms with van der Waals surface area (Å²) in [4.78, 5) is 26.7. The lowest BCUT2D eigenvalue weighted by atomic mass is 10.1. The highest BCUT2D eigenvalue weighted by molar-refractivity contribution is 6.30. The molecule has 2 amide bonds. The average molecular weight is 403 g/mol. The van der Waals surface area contributed by atoms with Crippen LogP contribution in [0.4, 0.5) is 0 Å². The summed E-state index contributed by atoms with van der Waals surface area (Å²) in [5.74, 6) is 0.177. The first kappa shape index (κ1) is 21.8. The summed E-state index contributed by atoms with van der Waals surface area (Å²) >= 11 is 5.94. The Bertz CT molecular complexity index is 821. The normalized spacial score (nSPS) is 11.6. The van der Waals surface area contributed by atoms with Crippen molar-refractivity contribution in [1.82, 2.24) is 10.2 Å². The Labute approximate surface area is 171 Å². The van der Waals surface area contributed by atoms with Gasteiger partial charge in [-0.2, -0.15) is 0 Å². The van der Waals surface area contributed by atoms with Gasteiger partial charge in [0.05, 0.1) is 0 Å². The lowest BCUT2D eigenvalue weighted by molar-refractivity contribution is -0.142. The minimum Gasteiger partial charge on any atom is -0.484 e. The molecule has 0 aliphatic carbocycles. The second kappa shape index (κ2) is 10.1. The molecule has 0 unspecified atom stereocenters. The summed E-state index contributed by atoms with van der Waals surface area (Å²) in [5, 5.41) is 3.39. The lowest BCUT2D eigenvalue weighted by Crippen LogP contribution is -2.49. The molecule has 6 heteroatoms. The number of halogens is 1. The van der Waals surface area contributed by atoms with Crippen LogP contribution in [-0.4, -0.2) is 35.9 Å². The van der Waals surface area contributed by atoms with E-state index in [1.807, 2.05) is 51.1 Å². The van der Waals surface area contributed by atoms with E-state index in [4.69, 9.17) is 16.3 Å². The van der Waals surface area contributed by atoms with Gasteiger partial charge in [0.1, 0.15) is 11.8 Å². The molecule has 150 valence electrons. The zero-order chi connectivity index (χ0) is 20.7. The predicted octanol–water partition coefficient (Wildman–Crippen LogP) is 3.89. The lowest BCUT2D eigenvalue weighted by Gasteiger charge is -2.28. The molecular weight excluding hydrogens is 376 g/mol. The highest BCUT2D eigenvalue weighted by atomic mass is 35.5. The average Bonchev–Trinajstić information content (AvgIpc) is 2.68. The van der Waals surface area contributed by atoms with E-state index in [0.29, 0.717) is 23.9 Å². The largest absolute Gasteiger partial charge is 0.484 e. The van der Waals surface area contributed by atoms with Crippen LogP contribution in [0.2, 0.25) is 5.02 Å². The number of hydrogen-bond donors (Lipinski definition) is 1. The summed E-state index contributed by atoms with van der Waals surface area (Å²) in [6.07, 6.45) is 0. The molecule has 0 saturated heterocycles. The second-order valence-corrected chi connectivity index (χ2v) is 7.19. The van der Waals surface area contributed by atoms with Crippen molar-refractivity contribution >= 4 is 23.4 Å². The number of rotatable bonds is 8. The topological polar surface area (TPSA) is 58.6 Å². The molecule has 0 radical (unpaired) electrons. The van der Waals surface area contributed by atoms with Crippen LogP contribution in [0.25, 0.3) is 0 Å². The van der Waals surface area contributed by atoms with Crippen molar-refractivity contribution in [2.45, 2.75) is 40.3 Å². The Balaban J connectivity index is 2.13. The maximum absolute atomic E-state index is 12.9. The maximum atomic E-state index is 12.9. The molecule has 28 heavy (non-hydrogen) atoms. The first-order valence-corrected chi connectivity index (χ1v) is 9.71. The van der Waals surface area contributed by atoms with Gasteiger partial charge in [0.25, 0.3) is 5.91 Å². The fourth-order valence-electron chi connectivity index (χ4n) is 2.72. The molecule has 0 saturated carbocycles. The minimum absolute atomic E-state index is 0.139. The zero-order valence-corrected chi connectivity index (χ0v) is 17.5. The number of likely N-dealkylation sites (N-methyl/N-ethyl adjacent to an activating group) is 1. The smallest absolute Gasteiger partial charge is 0.261 e. The number of hydrogen-bond acceptors (Lipinski definition) is 3. The summed E-state index contributed by atoms with van der Waals surface area (Å²) in [6, 6.07) is 12.3. The molecule has 0 heterocycles. The molecule has 5 nitrogen and oxygen atoms in total. The van der Waals surface area contributed by atoms with Crippen molar-refractivity contribution in [1.29, 1.82) is 0 Å². The van der Waals surface area contributed by atoms with Gasteiger partial charge in [-0.15, -0.1) is 0 Å². The second-order valence-electron chi connectivity index (χ2n) is 6.75. The quantitative estimate of drug-likeness (QED) is 0.728. The Morgan fingerprint density at radius 3 is 2.39 bits per heavy atom. The molecular formula is C22H27ClN2O3. The van der Waals surface area contributed by atoms with Crippen LogP contribution in [-0.2, 0) is 16.1 Å². The number of benzene rings is 2. The number of nitrogens with one attached hydrogen (secondary N) is 1. The minimum atomic E-state index is -0.619. The van der Waals surface area contributed by atoms with Gasteiger partial charge in [0.2, 0.25) is 5.91 Å². The maximum Gasteiger partial charge on any atom is 0.261 e. The fourth-order valence-corrected chi connectivity index (χ4v) is 2.85. The van der Waals surface area contributed by atoms with Gasteiger partial charge < -0.3 is 15.0 Å². The van der Waals surface area contributed by atoms with Crippen molar-refractivity contribution in [3.63, 3.8) is 0 Å². The number of carbonyl (C=O) groups excluding carboxylic acids is 2. The first-order chi connectivity index (χ1) is 13.3. The third-order valence-electron chi connectivity index (χ3n) is 4.63. The van der Waals surface area contributed by atoms with E-state index in [9.17, 15) is 9.59 Å². The zero-order valence-electron chi connectivity index (χ0n) is 16.8. The Hall–Kier alpha value is -2.53. The van der Waals surface area contributed by atoms with Crippen LogP contribution >= 0.6 is 11.6 Å². The number of carbonyl (C=O) groups is 2. The van der Waals surface area contributed by atoms with Gasteiger partial charge in [-0.25, -0.2) is 0 Å². The van der Waals surface area contributed by atoms with Crippen LogP contribution in [0.3, 0.4) is 0 Å². The van der Waals surface area contributed by atoms with Crippen LogP contribution in [0.1, 0.15) is 30.5 Å². The van der Waals surface area contributed by atoms with E-state index in [0.717, 1.165) is 16.7 Å². The van der Waals surface area contributed by atoms with Gasteiger partial charge >= 0.3 is 0 Å². The summed E-state index contributed by atoms with van der Waals surface area (Å²) in [6.45, 7) is 8.24. The van der Waals surface area contributed by atoms with Crippen molar-refractivity contribution < 1.29 is 14.3 Å².